The van der Waals surface area contributed by atoms with Crippen LogP contribution in [0.25, 0.3) is 0 Å². The van der Waals surface area contributed by atoms with E-state index in [1.807, 2.05) is 0 Å². The predicted molar refractivity (Wildman–Crippen MR) is 82.4 cm³/mol. The molecule has 0 aliphatic rings. The van der Waals surface area contributed by atoms with E-state index in [0.29, 0.717) is 0 Å². The van der Waals surface area contributed by atoms with Crippen molar-refractivity contribution in [2.75, 3.05) is 0 Å². The van der Waals surface area contributed by atoms with Crippen LogP contribution in [0.3, 0.4) is 0 Å². The molecule has 2 heterocycles. The number of hydrogen-bond acceptors (Lipinski definition) is 4. The topological polar surface area (TPSA) is 97.9 Å². The average Bonchev–Trinajstić information content (AvgIpc) is 2.91. The largest absolute Gasteiger partial charge is 0.759 e. The molecule has 0 aromatic carbocycles. The van der Waals surface area contributed by atoms with Crippen molar-refractivity contribution in [1.82, 2.24) is 9.13 Å². The van der Waals surface area contributed by atoms with Crippen LogP contribution in [-0.2, 0) is 51.4 Å². The van der Waals surface area contributed by atoms with Crippen molar-refractivity contribution in [2.45, 2.75) is 26.7 Å². The van der Waals surface area contributed by atoms with Gasteiger partial charge in [0.25, 0.3) is 11.6 Å². The van der Waals surface area contributed by atoms with Gasteiger partial charge in [-0.1, -0.05) is 13.8 Å². The molecule has 0 saturated heterocycles. The van der Waals surface area contributed by atoms with Crippen LogP contribution in [0.1, 0.15) is 25.5 Å². The van der Waals surface area contributed by atoms with Gasteiger partial charge in [0.15, 0.2) is 0 Å². The van der Waals surface area contributed by atoms with Gasteiger partial charge in [-0.05, 0) is 0 Å². The lowest BCUT2D eigenvalue weighted by Crippen LogP contribution is -2.31. The highest BCUT2D eigenvalue weighted by Gasteiger charge is 2.06. The Morgan fingerprint density at radius 3 is 1.26 bits per heavy atom. The first kappa shape index (κ1) is 21.3. The zero-order chi connectivity index (χ0) is 18.2. The summed E-state index contributed by atoms with van der Waals surface area (Å²) in [5.74, 6) is 2.71. The van der Waals surface area contributed by atoms with Gasteiger partial charge in [-0.2, -0.15) is 0 Å². The van der Waals surface area contributed by atoms with Crippen LogP contribution in [-0.4, -0.2) is 26.7 Å². The smallest absolute Gasteiger partial charge is 0.255 e. The molecule has 0 spiro atoms. The summed E-state index contributed by atoms with van der Waals surface area (Å²) in [7, 11) is 3.11. The van der Waals surface area contributed by atoms with Crippen molar-refractivity contribution in [1.29, 1.82) is 0 Å². The molecule has 0 aliphatic heterocycles. The van der Waals surface area contributed by atoms with E-state index in [0.717, 1.165) is 12.8 Å². The molecule has 0 amide bonds. The molecular formula is C14H26N4O4S. The first-order chi connectivity index (χ1) is 10.5. The van der Waals surface area contributed by atoms with Gasteiger partial charge < -0.3 is 9.11 Å². The van der Waals surface area contributed by atoms with Crippen molar-refractivity contribution < 1.29 is 26.7 Å². The fourth-order valence-corrected chi connectivity index (χ4v) is 2.24. The van der Waals surface area contributed by atoms with Crippen molar-refractivity contribution in [3.63, 3.8) is 0 Å². The van der Waals surface area contributed by atoms with Gasteiger partial charge in [0.2, 0.25) is 0 Å². The molecule has 0 radical (unpaired) electrons. The summed E-state index contributed by atoms with van der Waals surface area (Å²) in [6.07, 6.45) is 10.5. The maximum absolute atomic E-state index is 8.52. The molecule has 132 valence electrons. The summed E-state index contributed by atoms with van der Waals surface area (Å²) in [6.45, 7) is 4.32. The Labute approximate surface area is 138 Å². The molecule has 0 unspecified atom stereocenters. The number of rotatable bonds is 2. The SMILES string of the molecule is CCc1n(C)cc[n+]1C.CCc1n(C)cc[n+]1C.O=S(=O)([O-])[O-]. The Balaban J connectivity index is 0.000000332. The zero-order valence-electron chi connectivity index (χ0n) is 14.6. The summed E-state index contributed by atoms with van der Waals surface area (Å²) in [5, 5.41) is 0. The van der Waals surface area contributed by atoms with Gasteiger partial charge in [0.05, 0.1) is 28.2 Å². The lowest BCUT2D eigenvalue weighted by atomic mass is 10.4. The lowest BCUT2D eigenvalue weighted by Gasteiger charge is -2.06. The third kappa shape index (κ3) is 8.48. The van der Waals surface area contributed by atoms with E-state index in [2.05, 4.69) is 85.1 Å². The molecule has 8 nitrogen and oxygen atoms in total. The summed E-state index contributed by atoms with van der Waals surface area (Å²) in [5.41, 5.74) is 0. The normalized spacial score (nSPS) is 10.4. The molecular weight excluding hydrogens is 320 g/mol. The van der Waals surface area contributed by atoms with Crippen molar-refractivity contribution in [3.8, 4) is 0 Å². The zero-order valence-corrected chi connectivity index (χ0v) is 15.4. The molecule has 0 atom stereocenters. The molecule has 2 aromatic rings. The minimum Gasteiger partial charge on any atom is -0.759 e. The van der Waals surface area contributed by atoms with Gasteiger partial charge in [0.1, 0.15) is 24.8 Å². The Bertz CT molecular complexity index is 611. The van der Waals surface area contributed by atoms with Gasteiger partial charge in [-0.3, -0.25) is 8.42 Å². The second-order valence-corrected chi connectivity index (χ2v) is 5.80. The number of aromatic nitrogens is 4. The van der Waals surface area contributed by atoms with Gasteiger partial charge in [-0.15, -0.1) is 0 Å². The van der Waals surface area contributed by atoms with E-state index in [4.69, 9.17) is 17.5 Å². The molecule has 2 rings (SSSR count). The standard InChI is InChI=1S/2C7H13N2.H2O4S/c2*1-4-7-8(2)5-6-9(7)3;1-5(2,3)4/h2*5-6H,4H2,1-3H3;(H2,1,2,3,4)/q2*+1;/p-2. The Kier molecular flexibility index (Phi) is 8.73. The fourth-order valence-electron chi connectivity index (χ4n) is 2.24. The van der Waals surface area contributed by atoms with Gasteiger partial charge in [-0.25, -0.2) is 18.3 Å². The fraction of sp³-hybridized carbons (Fsp3) is 0.571. The summed E-state index contributed by atoms with van der Waals surface area (Å²) in [6, 6.07) is 0. The van der Waals surface area contributed by atoms with Crippen LogP contribution < -0.4 is 9.13 Å². The maximum Gasteiger partial charge on any atom is 0.255 e. The molecule has 0 fully saturated rings. The lowest BCUT2D eigenvalue weighted by molar-refractivity contribution is -0.678. The van der Waals surface area contributed by atoms with Crippen LogP contribution in [0.2, 0.25) is 0 Å². The van der Waals surface area contributed by atoms with E-state index in [1.165, 1.54) is 11.6 Å². The predicted octanol–water partition coefficient (Wildman–Crippen LogP) is -0.514. The first-order valence-corrected chi connectivity index (χ1v) is 8.50. The maximum atomic E-state index is 8.52. The van der Waals surface area contributed by atoms with E-state index >= 15 is 0 Å². The second-order valence-electron chi connectivity index (χ2n) is 4.99. The van der Waals surface area contributed by atoms with Gasteiger partial charge >= 0.3 is 0 Å². The molecule has 0 bridgehead atoms. The van der Waals surface area contributed by atoms with Crippen molar-refractivity contribution >= 4 is 10.4 Å². The quantitative estimate of drug-likeness (QED) is 0.415. The molecule has 0 aliphatic carbocycles. The Morgan fingerprint density at radius 1 is 0.913 bits per heavy atom. The number of aryl methyl sites for hydroxylation is 4. The van der Waals surface area contributed by atoms with Crippen LogP contribution in [0, 0.1) is 0 Å². The Hall–Kier alpha value is -1.71. The number of imidazole rings is 2. The molecule has 0 saturated carbocycles. The monoisotopic (exact) mass is 346 g/mol. The van der Waals surface area contributed by atoms with Crippen molar-refractivity contribution in [3.05, 3.63) is 36.4 Å². The number of hydrogen-bond donors (Lipinski definition) is 0. The van der Waals surface area contributed by atoms with Gasteiger partial charge in [0, 0.05) is 23.2 Å². The summed E-state index contributed by atoms with van der Waals surface area (Å²) < 4.78 is 42.6. The average molecular weight is 346 g/mol. The second kappa shape index (κ2) is 9.43. The van der Waals surface area contributed by atoms with E-state index in [-0.39, 0.29) is 0 Å². The summed E-state index contributed by atoms with van der Waals surface area (Å²) >= 11 is 0. The van der Waals surface area contributed by atoms with Crippen LogP contribution in [0.4, 0.5) is 0 Å². The summed E-state index contributed by atoms with van der Waals surface area (Å²) in [4.78, 5) is 0. The first-order valence-electron chi connectivity index (χ1n) is 7.17. The van der Waals surface area contributed by atoms with Crippen LogP contribution in [0.5, 0.6) is 0 Å². The van der Waals surface area contributed by atoms with Crippen LogP contribution in [0.15, 0.2) is 24.8 Å². The van der Waals surface area contributed by atoms with Crippen molar-refractivity contribution in [2.24, 2.45) is 28.2 Å². The molecule has 23 heavy (non-hydrogen) atoms. The highest BCUT2D eigenvalue weighted by molar-refractivity contribution is 7.79. The molecule has 0 N–H and O–H groups in total. The number of nitrogens with zero attached hydrogens (tertiary/aromatic N) is 4. The minimum absolute atomic E-state index is 1.10. The van der Waals surface area contributed by atoms with Crippen LogP contribution >= 0.6 is 0 Å². The highest BCUT2D eigenvalue weighted by atomic mass is 32.3. The Morgan fingerprint density at radius 2 is 1.17 bits per heavy atom. The third-order valence-corrected chi connectivity index (χ3v) is 3.29. The highest BCUT2D eigenvalue weighted by Crippen LogP contribution is 1.90. The van der Waals surface area contributed by atoms with E-state index < -0.39 is 10.4 Å². The third-order valence-electron chi connectivity index (χ3n) is 3.29. The van der Waals surface area contributed by atoms with E-state index in [9.17, 15) is 0 Å². The van der Waals surface area contributed by atoms with E-state index in [1.54, 1.807) is 0 Å². The molecule has 2 aromatic heterocycles. The minimum atomic E-state index is -5.17. The molecule has 9 heteroatoms.